The van der Waals surface area contributed by atoms with Crippen LogP contribution in [0.2, 0.25) is 0 Å². The van der Waals surface area contributed by atoms with Gasteiger partial charge in [-0.05, 0) is 44.4 Å². The van der Waals surface area contributed by atoms with Crippen LogP contribution in [0.5, 0.6) is 11.5 Å². The van der Waals surface area contributed by atoms with Crippen LogP contribution in [0.4, 0.5) is 17.2 Å². The predicted octanol–water partition coefficient (Wildman–Crippen LogP) is 13.7. The molecule has 2 aliphatic rings. The molecule has 58 heavy (non-hydrogen) atoms. The SMILES string of the molecule is CC(C)(C)c1ccnc(N2c3cc(Oc4cccc(-n5[c](=[Pt])n(-c6ccccc6)c6ccccc65)c4)ccc3C(C)(C)c3cc4c(cc32)C(C)(C)C(C)(C)C4(C)C)c1. The van der Waals surface area contributed by atoms with Crippen molar-refractivity contribution in [3.8, 4) is 22.9 Å². The van der Waals surface area contributed by atoms with Gasteiger partial charge in [0.15, 0.2) is 0 Å². The first-order chi connectivity index (χ1) is 27.3. The summed E-state index contributed by atoms with van der Waals surface area (Å²) in [5.41, 5.74) is 13.1. The topological polar surface area (TPSA) is 35.2 Å². The summed E-state index contributed by atoms with van der Waals surface area (Å²) < 4.78 is 12.6. The van der Waals surface area contributed by atoms with E-state index in [0.29, 0.717) is 0 Å². The second-order valence-corrected chi connectivity index (χ2v) is 20.4. The number of fused-ring (bicyclic) bond motifs is 4. The number of ether oxygens (including phenoxy) is 1. The molecule has 7 aromatic rings. The molecule has 0 atom stereocenters. The Morgan fingerprint density at radius 2 is 1.14 bits per heavy atom. The quantitative estimate of drug-likeness (QED) is 0.172. The van der Waals surface area contributed by atoms with Gasteiger partial charge >= 0.3 is 238 Å². The van der Waals surface area contributed by atoms with Crippen LogP contribution in [0.1, 0.15) is 104 Å². The molecule has 0 radical (unpaired) electrons. The Bertz CT molecular complexity index is 2830. The normalized spacial score (nSPS) is 17.2. The Morgan fingerprint density at radius 3 is 1.81 bits per heavy atom. The molecule has 298 valence electrons. The fraction of sp³-hybridized carbons (Fsp3) is 0.308. The van der Waals surface area contributed by atoms with Gasteiger partial charge in [-0.25, -0.2) is 0 Å². The summed E-state index contributed by atoms with van der Waals surface area (Å²) >= 11 is 2.45. The van der Waals surface area contributed by atoms with Crippen molar-refractivity contribution in [2.24, 2.45) is 5.41 Å². The van der Waals surface area contributed by atoms with E-state index in [9.17, 15) is 0 Å². The molecule has 3 heterocycles. The number of anilines is 3. The van der Waals surface area contributed by atoms with Gasteiger partial charge in [-0.2, -0.15) is 0 Å². The molecule has 0 N–H and O–H groups in total. The molecule has 5 aromatic carbocycles. The zero-order valence-corrected chi connectivity index (χ0v) is 37.9. The van der Waals surface area contributed by atoms with E-state index in [1.807, 2.05) is 12.3 Å². The van der Waals surface area contributed by atoms with E-state index < -0.39 is 0 Å². The van der Waals surface area contributed by atoms with Gasteiger partial charge in [0.1, 0.15) is 0 Å². The molecule has 0 unspecified atom stereocenters. The van der Waals surface area contributed by atoms with Crippen molar-refractivity contribution in [3.63, 3.8) is 0 Å². The minimum Gasteiger partial charge on any atom is -0.0582 e. The third-order valence-corrected chi connectivity index (χ3v) is 15.3. The Hall–Kier alpha value is -4.99. The van der Waals surface area contributed by atoms with Crippen molar-refractivity contribution in [2.75, 3.05) is 4.90 Å². The van der Waals surface area contributed by atoms with Crippen molar-refractivity contribution in [1.29, 1.82) is 0 Å². The van der Waals surface area contributed by atoms with E-state index in [-0.39, 0.29) is 27.1 Å². The first-order valence-corrected chi connectivity index (χ1v) is 21.6. The maximum atomic E-state index is 6.86. The van der Waals surface area contributed by atoms with E-state index in [2.05, 4.69) is 225 Å². The van der Waals surface area contributed by atoms with Crippen LogP contribution in [0, 0.1) is 9.22 Å². The van der Waals surface area contributed by atoms with Crippen LogP contribution >= 0.6 is 0 Å². The zero-order valence-electron chi connectivity index (χ0n) is 35.6. The Kier molecular flexibility index (Phi) is 8.64. The van der Waals surface area contributed by atoms with E-state index in [1.165, 1.54) is 33.5 Å². The first-order valence-electron chi connectivity index (χ1n) is 20.5. The fourth-order valence-electron chi connectivity index (χ4n) is 9.58. The molecule has 0 amide bonds. The van der Waals surface area contributed by atoms with E-state index in [4.69, 9.17) is 9.72 Å². The second kappa shape index (κ2) is 13.0. The molecule has 0 saturated heterocycles. The van der Waals surface area contributed by atoms with Crippen molar-refractivity contribution in [2.45, 2.75) is 97.8 Å². The number of imidazole rings is 1. The number of hydrogen-bond donors (Lipinski definition) is 0. The molecular weight excluding hydrogens is 892 g/mol. The molecule has 0 spiro atoms. The summed E-state index contributed by atoms with van der Waals surface area (Å²) in [6.45, 7) is 26.2. The van der Waals surface area contributed by atoms with Crippen LogP contribution in [0.15, 0.2) is 128 Å². The number of hydrogen-bond acceptors (Lipinski definition) is 3. The van der Waals surface area contributed by atoms with Crippen LogP contribution in [-0.4, -0.2) is 14.1 Å². The molecule has 9 rings (SSSR count). The maximum absolute atomic E-state index is 6.86. The van der Waals surface area contributed by atoms with Crippen LogP contribution < -0.4 is 9.64 Å². The van der Waals surface area contributed by atoms with Crippen LogP contribution in [0.3, 0.4) is 0 Å². The Labute approximate surface area is 354 Å². The van der Waals surface area contributed by atoms with Gasteiger partial charge in [-0.3, -0.25) is 0 Å². The summed E-state index contributed by atoms with van der Waals surface area (Å²) in [5, 5.41) is 0. The minimum atomic E-state index is -0.274. The molecule has 0 bridgehead atoms. The molecule has 6 heteroatoms. The van der Waals surface area contributed by atoms with Gasteiger partial charge in [0.2, 0.25) is 0 Å². The minimum absolute atomic E-state index is 0.00840. The number of para-hydroxylation sites is 3. The van der Waals surface area contributed by atoms with Gasteiger partial charge in [-0.1, -0.05) is 68.4 Å². The van der Waals surface area contributed by atoms with Crippen LogP contribution in [0.25, 0.3) is 22.4 Å². The molecule has 0 saturated carbocycles. The summed E-state index contributed by atoms with van der Waals surface area (Å²) in [4.78, 5) is 7.51. The number of benzene rings is 5. The number of rotatable bonds is 5. The molecule has 1 aliphatic carbocycles. The summed E-state index contributed by atoms with van der Waals surface area (Å²) in [6, 6.07) is 43.6. The van der Waals surface area contributed by atoms with Gasteiger partial charge in [0.05, 0.1) is 0 Å². The molecule has 1 aliphatic heterocycles. The molecule has 0 fully saturated rings. The third kappa shape index (κ3) is 5.59. The Balaban J connectivity index is 1.19. The standard InChI is InChI=1S/C52H54N4O.Pt/c1-48(2,3)34-26-27-53-47(28-34)56-45-30-38(24-25-39(45)49(4,5)42-31-40-41(32-46(42)56)51(8,9)52(10,11)50(40,6)7)57-37-21-17-20-36(29-37)55-33-54(35-18-13-12-14-19-35)43-22-15-16-23-44(43)55;/h12-32H,1-11H3;. The van der Waals surface area contributed by atoms with Gasteiger partial charge in [0, 0.05) is 6.20 Å². The predicted molar refractivity (Wildman–Crippen MR) is 235 cm³/mol. The fourth-order valence-corrected chi connectivity index (χ4v) is 10.7. The smallest absolute Gasteiger partial charge is 0.0582 e. The van der Waals surface area contributed by atoms with Crippen LogP contribution in [-0.2, 0) is 41.0 Å². The van der Waals surface area contributed by atoms with Crippen molar-refractivity contribution in [1.82, 2.24) is 14.1 Å². The molecular formula is C52H54N4OPt. The number of pyridine rings is 1. The van der Waals surface area contributed by atoms with Gasteiger partial charge < -0.3 is 0 Å². The van der Waals surface area contributed by atoms with Gasteiger partial charge in [0.25, 0.3) is 0 Å². The van der Waals surface area contributed by atoms with E-state index in [0.717, 1.165) is 49.2 Å². The average Bonchev–Trinajstić information content (AvgIpc) is 3.53. The summed E-state index contributed by atoms with van der Waals surface area (Å²) in [5.74, 6) is 2.47. The average molecular weight is 946 g/mol. The van der Waals surface area contributed by atoms with Gasteiger partial charge in [-0.15, -0.1) is 0 Å². The first kappa shape index (κ1) is 38.5. The number of nitrogens with zero attached hydrogens (tertiary/aromatic N) is 4. The van der Waals surface area contributed by atoms with Crippen molar-refractivity contribution >= 4 is 28.2 Å². The molecule has 5 nitrogen and oxygen atoms in total. The second-order valence-electron chi connectivity index (χ2n) is 19.4. The Morgan fingerprint density at radius 1 is 0.552 bits per heavy atom. The monoisotopic (exact) mass is 945 g/mol. The summed E-state index contributed by atoms with van der Waals surface area (Å²) in [6.07, 6.45) is 1.97. The summed E-state index contributed by atoms with van der Waals surface area (Å²) in [7, 11) is 0. The number of aromatic nitrogens is 3. The van der Waals surface area contributed by atoms with Crippen molar-refractivity contribution < 1.29 is 24.1 Å². The van der Waals surface area contributed by atoms with E-state index in [1.54, 1.807) is 0 Å². The third-order valence-electron chi connectivity index (χ3n) is 14.3. The van der Waals surface area contributed by atoms with E-state index >= 15 is 0 Å². The zero-order chi connectivity index (χ0) is 41.2. The van der Waals surface area contributed by atoms with Crippen molar-refractivity contribution in [3.05, 3.63) is 159 Å². The molecule has 2 aromatic heterocycles.